The molecule has 6 nitrogen and oxygen atoms in total. The number of pyridine rings is 1. The van der Waals surface area contributed by atoms with E-state index in [-0.39, 0.29) is 23.7 Å². The van der Waals surface area contributed by atoms with Gasteiger partial charge in [-0.25, -0.2) is 0 Å². The number of H-pyrrole nitrogens is 1. The van der Waals surface area contributed by atoms with Gasteiger partial charge in [0.2, 0.25) is 0 Å². The minimum Gasteiger partial charge on any atom is -0.469 e. The molecule has 142 valence electrons. The minimum atomic E-state index is -0.526. The Morgan fingerprint density at radius 2 is 1.86 bits per heavy atom. The number of para-hydroxylation sites is 1. The molecule has 2 aromatic heterocycles. The SMILES string of the molecule is Cc1cccc(C)c1NC(=O)c1cc2c([nH]c1=O)C[C@H](c1ccco1)CC2=O. The molecule has 1 amide bonds. The van der Waals surface area contributed by atoms with Crippen LogP contribution in [-0.2, 0) is 6.42 Å². The molecule has 6 heteroatoms. The number of benzene rings is 1. The predicted octanol–water partition coefficient (Wildman–Crippen LogP) is 3.75. The third-order valence-electron chi connectivity index (χ3n) is 5.22. The maximum absolute atomic E-state index is 12.7. The monoisotopic (exact) mass is 376 g/mol. The highest BCUT2D eigenvalue weighted by atomic mass is 16.3. The molecule has 1 aromatic carbocycles. The van der Waals surface area contributed by atoms with Gasteiger partial charge in [-0.15, -0.1) is 0 Å². The molecule has 0 spiro atoms. The Kier molecular flexibility index (Phi) is 4.47. The van der Waals surface area contributed by atoms with Crippen molar-refractivity contribution in [1.29, 1.82) is 0 Å². The van der Waals surface area contributed by atoms with Crippen LogP contribution in [0.2, 0.25) is 0 Å². The van der Waals surface area contributed by atoms with Gasteiger partial charge >= 0.3 is 0 Å². The number of nitrogens with one attached hydrogen (secondary N) is 2. The minimum absolute atomic E-state index is 0.0637. The van der Waals surface area contributed by atoms with Crippen molar-refractivity contribution >= 4 is 17.4 Å². The molecule has 0 saturated carbocycles. The van der Waals surface area contributed by atoms with Gasteiger partial charge in [0.15, 0.2) is 5.78 Å². The van der Waals surface area contributed by atoms with Gasteiger partial charge in [-0.2, -0.15) is 0 Å². The summed E-state index contributed by atoms with van der Waals surface area (Å²) in [5.41, 5.74) is 2.86. The quantitative estimate of drug-likeness (QED) is 0.728. The fourth-order valence-corrected chi connectivity index (χ4v) is 3.72. The zero-order valence-corrected chi connectivity index (χ0v) is 15.7. The zero-order valence-electron chi connectivity index (χ0n) is 15.7. The normalized spacial score (nSPS) is 15.9. The third-order valence-corrected chi connectivity index (χ3v) is 5.22. The summed E-state index contributed by atoms with van der Waals surface area (Å²) in [5, 5.41) is 2.80. The van der Waals surface area contributed by atoms with Gasteiger partial charge in [-0.1, -0.05) is 18.2 Å². The van der Waals surface area contributed by atoms with E-state index in [1.54, 1.807) is 12.3 Å². The van der Waals surface area contributed by atoms with Gasteiger partial charge in [-0.3, -0.25) is 14.4 Å². The Morgan fingerprint density at radius 1 is 1.11 bits per heavy atom. The van der Waals surface area contributed by atoms with E-state index in [4.69, 9.17) is 4.42 Å². The molecule has 0 saturated heterocycles. The van der Waals surface area contributed by atoms with Crippen molar-refractivity contribution in [3.05, 3.63) is 86.7 Å². The number of aromatic nitrogens is 1. The van der Waals surface area contributed by atoms with Crippen LogP contribution >= 0.6 is 0 Å². The highest BCUT2D eigenvalue weighted by molar-refractivity contribution is 6.07. The van der Waals surface area contributed by atoms with Crippen molar-refractivity contribution < 1.29 is 14.0 Å². The molecular formula is C22H20N2O4. The highest BCUT2D eigenvalue weighted by Crippen LogP contribution is 2.32. The molecule has 28 heavy (non-hydrogen) atoms. The number of carbonyl (C=O) groups is 2. The van der Waals surface area contributed by atoms with Gasteiger partial charge < -0.3 is 14.7 Å². The molecule has 0 radical (unpaired) electrons. The lowest BCUT2D eigenvalue weighted by molar-refractivity contribution is 0.0959. The van der Waals surface area contributed by atoms with Crippen LogP contribution in [0.15, 0.2) is 51.9 Å². The van der Waals surface area contributed by atoms with Crippen molar-refractivity contribution in [2.75, 3.05) is 5.32 Å². The number of rotatable bonds is 3. The lowest BCUT2D eigenvalue weighted by atomic mass is 9.84. The van der Waals surface area contributed by atoms with E-state index in [9.17, 15) is 14.4 Å². The standard InChI is InChI=1S/C22H20N2O4/c1-12-5-3-6-13(2)20(12)24-22(27)16-11-15-17(23-21(16)26)9-14(10-18(15)25)19-7-4-8-28-19/h3-8,11,14H,9-10H2,1-2H3,(H,23,26)(H,24,27)/t14-/m0/s1. The largest absolute Gasteiger partial charge is 0.469 e. The Balaban J connectivity index is 1.66. The number of aromatic amines is 1. The molecule has 1 aliphatic carbocycles. The second-order valence-electron chi connectivity index (χ2n) is 7.17. The first-order chi connectivity index (χ1) is 13.4. The van der Waals surface area contributed by atoms with Gasteiger partial charge in [-0.05, 0) is 49.6 Å². The summed E-state index contributed by atoms with van der Waals surface area (Å²) < 4.78 is 5.41. The van der Waals surface area contributed by atoms with E-state index in [1.165, 1.54) is 6.07 Å². The number of hydrogen-bond acceptors (Lipinski definition) is 4. The average Bonchev–Trinajstić information content (AvgIpc) is 3.19. The second kappa shape index (κ2) is 6.96. The highest BCUT2D eigenvalue weighted by Gasteiger charge is 2.30. The van der Waals surface area contributed by atoms with Crippen LogP contribution in [0.25, 0.3) is 0 Å². The number of aryl methyl sites for hydroxylation is 2. The van der Waals surface area contributed by atoms with E-state index < -0.39 is 11.5 Å². The van der Waals surface area contributed by atoms with E-state index in [0.717, 1.165) is 16.9 Å². The van der Waals surface area contributed by atoms with Crippen LogP contribution in [0, 0.1) is 13.8 Å². The van der Waals surface area contributed by atoms with E-state index in [2.05, 4.69) is 10.3 Å². The predicted molar refractivity (Wildman–Crippen MR) is 105 cm³/mol. The van der Waals surface area contributed by atoms with Crippen LogP contribution in [0.4, 0.5) is 5.69 Å². The molecule has 3 aromatic rings. The summed E-state index contributed by atoms with van der Waals surface area (Å²) in [6.45, 7) is 3.77. The van der Waals surface area contributed by atoms with Gasteiger partial charge in [0.05, 0.1) is 6.26 Å². The summed E-state index contributed by atoms with van der Waals surface area (Å²) in [4.78, 5) is 40.7. The molecule has 0 unspecified atom stereocenters. The number of amides is 1. The van der Waals surface area contributed by atoms with Crippen LogP contribution in [0.1, 0.15) is 55.6 Å². The number of fused-ring (bicyclic) bond motifs is 1. The summed E-state index contributed by atoms with van der Waals surface area (Å²) in [6, 6.07) is 10.7. The van der Waals surface area contributed by atoms with Crippen molar-refractivity contribution in [2.45, 2.75) is 32.6 Å². The molecule has 0 aliphatic heterocycles. The average molecular weight is 376 g/mol. The maximum Gasteiger partial charge on any atom is 0.261 e. The van der Waals surface area contributed by atoms with Crippen LogP contribution in [0.5, 0.6) is 0 Å². The number of Topliss-reactive ketones (excluding diaryl/α,β-unsaturated/α-hetero) is 1. The van der Waals surface area contributed by atoms with E-state index in [0.29, 0.717) is 23.4 Å². The molecule has 4 rings (SSSR count). The molecule has 2 N–H and O–H groups in total. The number of carbonyl (C=O) groups excluding carboxylic acids is 2. The van der Waals surface area contributed by atoms with Crippen molar-refractivity contribution in [3.8, 4) is 0 Å². The van der Waals surface area contributed by atoms with Crippen LogP contribution in [0.3, 0.4) is 0 Å². The zero-order chi connectivity index (χ0) is 19.8. The Hall–Kier alpha value is -3.41. The van der Waals surface area contributed by atoms with Crippen LogP contribution in [-0.4, -0.2) is 16.7 Å². The van der Waals surface area contributed by atoms with Crippen molar-refractivity contribution in [3.63, 3.8) is 0 Å². The molecular weight excluding hydrogens is 356 g/mol. The maximum atomic E-state index is 12.7. The summed E-state index contributed by atoms with van der Waals surface area (Å²) in [6.07, 6.45) is 2.34. The van der Waals surface area contributed by atoms with E-state index >= 15 is 0 Å². The van der Waals surface area contributed by atoms with Crippen molar-refractivity contribution in [1.82, 2.24) is 4.98 Å². The third kappa shape index (κ3) is 3.17. The van der Waals surface area contributed by atoms with Gasteiger partial charge in [0.1, 0.15) is 11.3 Å². The molecule has 1 aliphatic rings. The fourth-order valence-electron chi connectivity index (χ4n) is 3.72. The fraction of sp³-hybridized carbons (Fsp3) is 0.227. The first kappa shape index (κ1) is 18.0. The molecule has 0 fully saturated rings. The second-order valence-corrected chi connectivity index (χ2v) is 7.17. The first-order valence-electron chi connectivity index (χ1n) is 9.14. The molecule has 2 heterocycles. The summed E-state index contributed by atoms with van der Waals surface area (Å²) in [5.74, 6) is -0.0286. The summed E-state index contributed by atoms with van der Waals surface area (Å²) in [7, 11) is 0. The lowest BCUT2D eigenvalue weighted by Crippen LogP contribution is -2.29. The molecule has 1 atom stereocenters. The smallest absolute Gasteiger partial charge is 0.261 e. The Morgan fingerprint density at radius 3 is 2.54 bits per heavy atom. The van der Waals surface area contributed by atoms with Gasteiger partial charge in [0.25, 0.3) is 11.5 Å². The summed E-state index contributed by atoms with van der Waals surface area (Å²) >= 11 is 0. The Labute approximate surface area is 161 Å². The number of ketones is 1. The van der Waals surface area contributed by atoms with Gasteiger partial charge in [0, 0.05) is 29.3 Å². The molecule has 0 bridgehead atoms. The lowest BCUT2D eigenvalue weighted by Gasteiger charge is -2.22. The number of hydrogen-bond donors (Lipinski definition) is 2. The van der Waals surface area contributed by atoms with E-state index in [1.807, 2.05) is 38.1 Å². The first-order valence-corrected chi connectivity index (χ1v) is 9.14. The topological polar surface area (TPSA) is 92.2 Å². The number of anilines is 1. The number of furan rings is 1. The van der Waals surface area contributed by atoms with Crippen LogP contribution < -0.4 is 10.9 Å². The van der Waals surface area contributed by atoms with Crippen molar-refractivity contribution in [2.24, 2.45) is 0 Å². The Bertz CT molecular complexity index is 1110.